The summed E-state index contributed by atoms with van der Waals surface area (Å²) in [4.78, 5) is 40.3. The zero-order valence-electron chi connectivity index (χ0n) is 21.7. The molecule has 2 rings (SSSR count). The van der Waals surface area contributed by atoms with Gasteiger partial charge in [0.25, 0.3) is 5.56 Å². The van der Waals surface area contributed by atoms with Crippen molar-refractivity contribution in [3.05, 3.63) is 33.1 Å². The zero-order chi connectivity index (χ0) is 24.9. The third-order valence-corrected chi connectivity index (χ3v) is 6.40. The average molecular weight is 480 g/mol. The van der Waals surface area contributed by atoms with Crippen LogP contribution in [0.25, 0.3) is 0 Å². The maximum atomic E-state index is 13.0. The highest BCUT2D eigenvalue weighted by molar-refractivity contribution is 5.69. The molecule has 2 atom stereocenters. The van der Waals surface area contributed by atoms with Crippen LogP contribution in [-0.2, 0) is 20.8 Å². The molecular weight excluding hydrogens is 434 g/mol. The standard InChI is InChI=1S/C26H45N3O5/c1-5-7-9-11-13-21(14-12-10-8-6-2)34-25(31)20-29-23(30)17-18-28(26(29)32)24-16-15-22(33-24)19-27(3)4/h17-18,21-22,24H,5-16,19-20H2,1-4H3. The van der Waals surface area contributed by atoms with Gasteiger partial charge in [-0.1, -0.05) is 52.4 Å². The van der Waals surface area contributed by atoms with Crippen molar-refractivity contribution in [2.45, 2.75) is 116 Å². The first kappa shape index (κ1) is 28.3. The monoisotopic (exact) mass is 479 g/mol. The lowest BCUT2D eigenvalue weighted by atomic mass is 10.0. The predicted molar refractivity (Wildman–Crippen MR) is 134 cm³/mol. The Balaban J connectivity index is 2.02. The maximum Gasteiger partial charge on any atom is 0.333 e. The molecule has 0 spiro atoms. The summed E-state index contributed by atoms with van der Waals surface area (Å²) in [5, 5.41) is 0. The Hall–Kier alpha value is -1.93. The Morgan fingerprint density at radius 1 is 1.06 bits per heavy atom. The molecule has 0 aromatic carbocycles. The number of hydrogen-bond acceptors (Lipinski definition) is 6. The van der Waals surface area contributed by atoms with Crippen LogP contribution >= 0.6 is 0 Å². The van der Waals surface area contributed by atoms with Gasteiger partial charge in [0.05, 0.1) is 6.10 Å². The molecule has 0 saturated carbocycles. The summed E-state index contributed by atoms with van der Waals surface area (Å²) in [7, 11) is 3.96. The molecule has 1 aliphatic heterocycles. The smallest absolute Gasteiger partial charge is 0.333 e. The highest BCUT2D eigenvalue weighted by Gasteiger charge is 2.28. The number of esters is 1. The summed E-state index contributed by atoms with van der Waals surface area (Å²) in [6.45, 7) is 4.75. The molecule has 0 amide bonds. The summed E-state index contributed by atoms with van der Waals surface area (Å²) in [6, 6.07) is 1.32. The molecular formula is C26H45N3O5. The predicted octanol–water partition coefficient (Wildman–Crippen LogP) is 4.10. The molecule has 0 N–H and O–H groups in total. The first-order chi connectivity index (χ1) is 16.3. The molecule has 34 heavy (non-hydrogen) atoms. The van der Waals surface area contributed by atoms with E-state index in [1.54, 1.807) is 0 Å². The van der Waals surface area contributed by atoms with Crippen LogP contribution in [0.2, 0.25) is 0 Å². The van der Waals surface area contributed by atoms with Gasteiger partial charge in [-0.25, -0.2) is 9.36 Å². The largest absolute Gasteiger partial charge is 0.461 e. The molecule has 194 valence electrons. The number of nitrogens with zero attached hydrogens (tertiary/aromatic N) is 3. The molecule has 1 aromatic rings. The van der Waals surface area contributed by atoms with Crippen molar-refractivity contribution in [1.29, 1.82) is 0 Å². The minimum atomic E-state index is -0.526. The Bertz CT molecular complexity index is 836. The van der Waals surface area contributed by atoms with Crippen LogP contribution < -0.4 is 11.2 Å². The zero-order valence-corrected chi connectivity index (χ0v) is 21.7. The van der Waals surface area contributed by atoms with E-state index in [1.807, 2.05) is 19.0 Å². The normalized spacial score (nSPS) is 18.2. The van der Waals surface area contributed by atoms with Crippen LogP contribution in [0.15, 0.2) is 21.9 Å². The lowest BCUT2D eigenvalue weighted by Crippen LogP contribution is -2.42. The molecule has 8 heteroatoms. The number of aromatic nitrogens is 2. The van der Waals surface area contributed by atoms with Gasteiger partial charge in [0.15, 0.2) is 0 Å². The van der Waals surface area contributed by atoms with Gasteiger partial charge in [-0.05, 0) is 52.6 Å². The van der Waals surface area contributed by atoms with Gasteiger partial charge in [0.2, 0.25) is 0 Å². The van der Waals surface area contributed by atoms with Crippen molar-refractivity contribution in [1.82, 2.24) is 14.0 Å². The van der Waals surface area contributed by atoms with Gasteiger partial charge in [-0.3, -0.25) is 14.2 Å². The van der Waals surface area contributed by atoms with Crippen LogP contribution in [0.3, 0.4) is 0 Å². The highest BCUT2D eigenvalue weighted by atomic mass is 16.5. The lowest BCUT2D eigenvalue weighted by molar-refractivity contribution is -0.150. The molecule has 8 nitrogen and oxygen atoms in total. The number of ether oxygens (including phenoxy) is 2. The molecule has 1 aromatic heterocycles. The maximum absolute atomic E-state index is 13.0. The van der Waals surface area contributed by atoms with E-state index >= 15 is 0 Å². The summed E-state index contributed by atoms with van der Waals surface area (Å²) in [5.41, 5.74) is -1.02. The van der Waals surface area contributed by atoms with Crippen LogP contribution in [0.5, 0.6) is 0 Å². The van der Waals surface area contributed by atoms with E-state index in [0.717, 1.165) is 68.9 Å². The fraction of sp³-hybridized carbons (Fsp3) is 0.808. The number of rotatable bonds is 16. The van der Waals surface area contributed by atoms with E-state index < -0.39 is 23.4 Å². The SMILES string of the molecule is CCCCCCC(CCCCCC)OC(=O)Cn1c(=O)ccn(C2CCC(CN(C)C)O2)c1=O. The minimum Gasteiger partial charge on any atom is -0.461 e. The van der Waals surface area contributed by atoms with Crippen molar-refractivity contribution in [3.8, 4) is 0 Å². The number of unbranched alkanes of at least 4 members (excludes halogenated alkanes) is 6. The first-order valence-corrected chi connectivity index (χ1v) is 13.2. The molecule has 0 aliphatic carbocycles. The van der Waals surface area contributed by atoms with E-state index in [9.17, 15) is 14.4 Å². The second-order valence-corrected chi connectivity index (χ2v) is 9.79. The van der Waals surface area contributed by atoms with E-state index in [-0.39, 0.29) is 18.8 Å². The summed E-state index contributed by atoms with van der Waals surface area (Å²) < 4.78 is 14.2. The molecule has 0 bridgehead atoms. The van der Waals surface area contributed by atoms with E-state index in [0.29, 0.717) is 6.42 Å². The van der Waals surface area contributed by atoms with E-state index in [2.05, 4.69) is 13.8 Å². The fourth-order valence-electron chi connectivity index (χ4n) is 4.54. The lowest BCUT2D eigenvalue weighted by Gasteiger charge is -2.20. The number of hydrogen-bond donors (Lipinski definition) is 0. The van der Waals surface area contributed by atoms with Crippen molar-refractivity contribution >= 4 is 5.97 Å². The van der Waals surface area contributed by atoms with Crippen molar-refractivity contribution in [2.24, 2.45) is 0 Å². The summed E-state index contributed by atoms with van der Waals surface area (Å²) in [6.07, 6.45) is 13.1. The van der Waals surface area contributed by atoms with Gasteiger partial charge >= 0.3 is 11.7 Å². The Morgan fingerprint density at radius 2 is 1.71 bits per heavy atom. The Morgan fingerprint density at radius 3 is 2.29 bits per heavy atom. The molecule has 1 saturated heterocycles. The van der Waals surface area contributed by atoms with E-state index in [1.165, 1.54) is 29.7 Å². The third-order valence-electron chi connectivity index (χ3n) is 6.40. The van der Waals surface area contributed by atoms with Gasteiger partial charge in [-0.15, -0.1) is 0 Å². The fourth-order valence-corrected chi connectivity index (χ4v) is 4.54. The Kier molecular flexibility index (Phi) is 12.6. The quantitative estimate of drug-likeness (QED) is 0.262. The van der Waals surface area contributed by atoms with Crippen LogP contribution in [0.4, 0.5) is 0 Å². The van der Waals surface area contributed by atoms with Gasteiger partial charge < -0.3 is 14.4 Å². The summed E-state index contributed by atoms with van der Waals surface area (Å²) >= 11 is 0. The minimum absolute atomic E-state index is 0.0402. The van der Waals surface area contributed by atoms with Crippen molar-refractivity contribution in [3.63, 3.8) is 0 Å². The topological polar surface area (TPSA) is 82.8 Å². The number of carbonyl (C=O) groups excluding carboxylic acids is 1. The first-order valence-electron chi connectivity index (χ1n) is 13.2. The van der Waals surface area contributed by atoms with Gasteiger partial charge in [0, 0.05) is 18.8 Å². The molecule has 1 fully saturated rings. The van der Waals surface area contributed by atoms with Crippen molar-refractivity contribution < 1.29 is 14.3 Å². The van der Waals surface area contributed by atoms with Crippen LogP contribution in [0.1, 0.15) is 97.1 Å². The summed E-state index contributed by atoms with van der Waals surface area (Å²) in [5.74, 6) is -0.522. The number of carbonyl (C=O) groups is 1. The average Bonchev–Trinajstić information content (AvgIpc) is 3.24. The van der Waals surface area contributed by atoms with Crippen molar-refractivity contribution in [2.75, 3.05) is 20.6 Å². The second-order valence-electron chi connectivity index (χ2n) is 9.79. The second kappa shape index (κ2) is 15.1. The highest BCUT2D eigenvalue weighted by Crippen LogP contribution is 2.27. The van der Waals surface area contributed by atoms with Gasteiger partial charge in [0.1, 0.15) is 18.9 Å². The molecule has 2 unspecified atom stereocenters. The van der Waals surface area contributed by atoms with E-state index in [4.69, 9.17) is 9.47 Å². The molecule has 0 radical (unpaired) electrons. The van der Waals surface area contributed by atoms with Crippen LogP contribution in [0, 0.1) is 0 Å². The molecule has 2 heterocycles. The molecule has 1 aliphatic rings. The van der Waals surface area contributed by atoms with Crippen LogP contribution in [-0.4, -0.2) is 52.9 Å². The number of likely N-dealkylation sites (N-methyl/N-ethyl adjacent to an activating group) is 1. The third kappa shape index (κ3) is 9.37. The van der Waals surface area contributed by atoms with Gasteiger partial charge in [-0.2, -0.15) is 0 Å². The Labute approximate surface area is 204 Å².